The Bertz CT molecular complexity index is 698. The molecule has 0 saturated heterocycles. The van der Waals surface area contributed by atoms with Gasteiger partial charge in [-0.05, 0) is 24.1 Å². The van der Waals surface area contributed by atoms with Crippen LogP contribution >= 0.6 is 0 Å². The van der Waals surface area contributed by atoms with E-state index >= 15 is 0 Å². The van der Waals surface area contributed by atoms with Crippen LogP contribution in [-0.4, -0.2) is 38.0 Å². The lowest BCUT2D eigenvalue weighted by Crippen LogP contribution is -2.44. The first-order chi connectivity index (χ1) is 10.7. The number of rotatable bonds is 8. The fourth-order valence-electron chi connectivity index (χ4n) is 1.79. The van der Waals surface area contributed by atoms with E-state index in [9.17, 15) is 18.0 Å². The highest BCUT2D eigenvalue weighted by atomic mass is 32.2. The SMILES string of the molecule is C=CCNS(=O)(=O)c1cccc(C(=O)N[C@@H](C(=O)O)C(C)C)c1. The van der Waals surface area contributed by atoms with Crippen molar-refractivity contribution in [1.29, 1.82) is 0 Å². The molecule has 23 heavy (non-hydrogen) atoms. The van der Waals surface area contributed by atoms with E-state index in [1.54, 1.807) is 13.8 Å². The van der Waals surface area contributed by atoms with Crippen molar-refractivity contribution in [3.63, 3.8) is 0 Å². The molecule has 0 fully saturated rings. The molecule has 1 rings (SSSR count). The van der Waals surface area contributed by atoms with Gasteiger partial charge in [0.1, 0.15) is 6.04 Å². The zero-order chi connectivity index (χ0) is 17.6. The summed E-state index contributed by atoms with van der Waals surface area (Å²) in [6.07, 6.45) is 1.40. The second kappa shape index (κ2) is 7.89. The molecule has 3 N–H and O–H groups in total. The number of hydrogen-bond donors (Lipinski definition) is 3. The lowest BCUT2D eigenvalue weighted by Gasteiger charge is -2.18. The molecule has 126 valence electrons. The van der Waals surface area contributed by atoms with Crippen molar-refractivity contribution in [3.8, 4) is 0 Å². The average Bonchev–Trinajstić information content (AvgIpc) is 2.49. The zero-order valence-electron chi connectivity index (χ0n) is 12.9. The molecular formula is C15H20N2O5S. The van der Waals surface area contributed by atoms with E-state index in [1.807, 2.05) is 0 Å². The number of carboxylic acid groups (broad SMARTS) is 1. The van der Waals surface area contributed by atoms with E-state index in [2.05, 4.69) is 16.6 Å². The fraction of sp³-hybridized carbons (Fsp3) is 0.333. The van der Waals surface area contributed by atoms with E-state index in [0.29, 0.717) is 0 Å². The van der Waals surface area contributed by atoms with Crippen molar-refractivity contribution < 1.29 is 23.1 Å². The van der Waals surface area contributed by atoms with Crippen LogP contribution in [0.5, 0.6) is 0 Å². The Morgan fingerprint density at radius 2 is 2.00 bits per heavy atom. The van der Waals surface area contributed by atoms with Gasteiger partial charge < -0.3 is 10.4 Å². The molecule has 0 spiro atoms. The van der Waals surface area contributed by atoms with Crippen LogP contribution in [0.1, 0.15) is 24.2 Å². The molecule has 1 aromatic carbocycles. The molecule has 8 heteroatoms. The van der Waals surface area contributed by atoms with E-state index in [4.69, 9.17) is 5.11 Å². The Morgan fingerprint density at radius 1 is 1.35 bits per heavy atom. The molecule has 0 saturated carbocycles. The summed E-state index contributed by atoms with van der Waals surface area (Å²) in [5, 5.41) is 11.5. The van der Waals surface area contributed by atoms with Gasteiger partial charge in [0.25, 0.3) is 5.91 Å². The highest BCUT2D eigenvalue weighted by molar-refractivity contribution is 7.89. The highest BCUT2D eigenvalue weighted by Crippen LogP contribution is 2.12. The molecule has 1 atom stereocenters. The number of amides is 1. The second-order valence-electron chi connectivity index (χ2n) is 5.20. The minimum absolute atomic E-state index is 0.0627. The molecular weight excluding hydrogens is 320 g/mol. The monoisotopic (exact) mass is 340 g/mol. The Hall–Kier alpha value is -2.19. The number of sulfonamides is 1. The van der Waals surface area contributed by atoms with Gasteiger partial charge in [0.15, 0.2) is 0 Å². The van der Waals surface area contributed by atoms with Crippen LogP contribution in [0.4, 0.5) is 0 Å². The third kappa shape index (κ3) is 5.19. The first-order valence-electron chi connectivity index (χ1n) is 6.93. The summed E-state index contributed by atoms with van der Waals surface area (Å²) in [5.74, 6) is -2.10. The second-order valence-corrected chi connectivity index (χ2v) is 6.97. The minimum atomic E-state index is -3.76. The standard InChI is InChI=1S/C15H20N2O5S/c1-4-8-16-23(21,22)12-7-5-6-11(9-12)14(18)17-13(10(2)3)15(19)20/h4-7,9-10,13,16H,1,8H2,2-3H3,(H,17,18)(H,19,20)/t13-/m1/s1. The molecule has 7 nitrogen and oxygen atoms in total. The lowest BCUT2D eigenvalue weighted by molar-refractivity contribution is -0.140. The Kier molecular flexibility index (Phi) is 6.47. The quantitative estimate of drug-likeness (QED) is 0.611. The maximum Gasteiger partial charge on any atom is 0.326 e. The summed E-state index contributed by atoms with van der Waals surface area (Å²) in [4.78, 5) is 23.2. The molecule has 0 radical (unpaired) electrons. The van der Waals surface area contributed by atoms with Crippen molar-refractivity contribution in [1.82, 2.24) is 10.0 Å². The van der Waals surface area contributed by atoms with Crippen LogP contribution in [0.2, 0.25) is 0 Å². The van der Waals surface area contributed by atoms with Gasteiger partial charge in [-0.15, -0.1) is 6.58 Å². The molecule has 0 heterocycles. The van der Waals surface area contributed by atoms with Crippen molar-refractivity contribution in [2.45, 2.75) is 24.8 Å². The van der Waals surface area contributed by atoms with Gasteiger partial charge in [0.05, 0.1) is 4.90 Å². The van der Waals surface area contributed by atoms with Crippen LogP contribution in [-0.2, 0) is 14.8 Å². The summed E-state index contributed by atoms with van der Waals surface area (Å²) in [5.41, 5.74) is 0.0679. The Labute approximate surface area is 135 Å². The van der Waals surface area contributed by atoms with Crippen molar-refractivity contribution in [2.75, 3.05) is 6.54 Å². The fourth-order valence-corrected chi connectivity index (χ4v) is 2.84. The van der Waals surface area contributed by atoms with Crippen LogP contribution in [0.25, 0.3) is 0 Å². The maximum atomic E-state index is 12.2. The number of benzene rings is 1. The summed E-state index contributed by atoms with van der Waals surface area (Å²) in [7, 11) is -3.76. The predicted octanol–water partition coefficient (Wildman–Crippen LogP) is 0.990. The Balaban J connectivity index is 3.02. The zero-order valence-corrected chi connectivity index (χ0v) is 13.8. The Morgan fingerprint density at radius 3 is 2.52 bits per heavy atom. The average molecular weight is 340 g/mol. The van der Waals surface area contributed by atoms with Crippen molar-refractivity contribution in [3.05, 3.63) is 42.5 Å². The topological polar surface area (TPSA) is 113 Å². The molecule has 0 aliphatic rings. The number of carbonyl (C=O) groups excluding carboxylic acids is 1. The van der Waals surface area contributed by atoms with Gasteiger partial charge in [0, 0.05) is 12.1 Å². The van der Waals surface area contributed by atoms with E-state index in [0.717, 1.165) is 0 Å². The van der Waals surface area contributed by atoms with E-state index in [1.165, 1.54) is 30.3 Å². The first kappa shape index (κ1) is 18.9. The molecule has 0 aliphatic heterocycles. The number of carbonyl (C=O) groups is 2. The summed E-state index contributed by atoms with van der Waals surface area (Å²) in [6, 6.07) is 4.32. The van der Waals surface area contributed by atoms with E-state index < -0.39 is 27.9 Å². The van der Waals surface area contributed by atoms with Gasteiger partial charge in [-0.2, -0.15) is 0 Å². The predicted molar refractivity (Wildman–Crippen MR) is 85.6 cm³/mol. The van der Waals surface area contributed by atoms with Crippen molar-refractivity contribution >= 4 is 21.9 Å². The third-order valence-corrected chi connectivity index (χ3v) is 4.46. The molecule has 1 amide bonds. The summed E-state index contributed by atoms with van der Waals surface area (Å²) >= 11 is 0. The molecule has 0 bridgehead atoms. The van der Waals surface area contributed by atoms with E-state index in [-0.39, 0.29) is 22.9 Å². The normalized spacial score (nSPS) is 12.7. The largest absolute Gasteiger partial charge is 0.480 e. The first-order valence-corrected chi connectivity index (χ1v) is 8.41. The van der Waals surface area contributed by atoms with Crippen LogP contribution in [0.3, 0.4) is 0 Å². The van der Waals surface area contributed by atoms with Gasteiger partial charge in [-0.3, -0.25) is 4.79 Å². The molecule has 0 aliphatic carbocycles. The van der Waals surface area contributed by atoms with Gasteiger partial charge in [-0.1, -0.05) is 26.0 Å². The van der Waals surface area contributed by atoms with Crippen LogP contribution < -0.4 is 10.0 Å². The maximum absolute atomic E-state index is 12.2. The third-order valence-electron chi connectivity index (χ3n) is 3.04. The highest BCUT2D eigenvalue weighted by Gasteiger charge is 2.24. The number of carboxylic acids is 1. The summed E-state index contributed by atoms with van der Waals surface area (Å²) in [6.45, 7) is 6.82. The van der Waals surface area contributed by atoms with Gasteiger partial charge in [-0.25, -0.2) is 17.9 Å². The smallest absolute Gasteiger partial charge is 0.326 e. The van der Waals surface area contributed by atoms with Crippen molar-refractivity contribution in [2.24, 2.45) is 5.92 Å². The number of hydrogen-bond acceptors (Lipinski definition) is 4. The lowest BCUT2D eigenvalue weighted by atomic mass is 10.0. The number of nitrogens with one attached hydrogen (secondary N) is 2. The summed E-state index contributed by atoms with van der Waals surface area (Å²) < 4.78 is 26.3. The molecule has 0 aromatic heterocycles. The molecule has 0 unspecified atom stereocenters. The number of aliphatic carboxylic acids is 1. The van der Waals surface area contributed by atoms with Crippen LogP contribution in [0, 0.1) is 5.92 Å². The minimum Gasteiger partial charge on any atom is -0.480 e. The van der Waals surface area contributed by atoms with Gasteiger partial charge in [0.2, 0.25) is 10.0 Å². The molecule has 1 aromatic rings. The van der Waals surface area contributed by atoms with Gasteiger partial charge >= 0.3 is 5.97 Å². The van der Waals surface area contributed by atoms with Crippen LogP contribution in [0.15, 0.2) is 41.8 Å².